The SMILES string of the molecule is CS(=O)(=O)Nc1cc(C(=O)NC2CCCNC2)ccc1F.Cl. The summed E-state index contributed by atoms with van der Waals surface area (Å²) in [6.07, 6.45) is 2.79. The van der Waals surface area contributed by atoms with E-state index in [-0.39, 0.29) is 35.6 Å². The second kappa shape index (κ2) is 7.75. The molecule has 1 heterocycles. The molecule has 3 N–H and O–H groups in total. The molecule has 1 fully saturated rings. The predicted molar refractivity (Wildman–Crippen MR) is 85.5 cm³/mol. The molecular weight excluding hydrogens is 333 g/mol. The van der Waals surface area contributed by atoms with Crippen molar-refractivity contribution in [1.82, 2.24) is 10.6 Å². The monoisotopic (exact) mass is 351 g/mol. The molecule has 1 aromatic rings. The summed E-state index contributed by atoms with van der Waals surface area (Å²) in [7, 11) is -3.60. The van der Waals surface area contributed by atoms with Gasteiger partial charge < -0.3 is 10.6 Å². The number of sulfonamides is 1. The quantitative estimate of drug-likeness (QED) is 0.758. The van der Waals surface area contributed by atoms with Crippen LogP contribution in [-0.2, 0) is 10.0 Å². The first kappa shape index (κ1) is 18.7. The van der Waals surface area contributed by atoms with Gasteiger partial charge in [0.2, 0.25) is 10.0 Å². The Labute approximate surface area is 135 Å². The smallest absolute Gasteiger partial charge is 0.251 e. The zero-order valence-electron chi connectivity index (χ0n) is 12.1. The number of hydrogen-bond acceptors (Lipinski definition) is 4. The van der Waals surface area contributed by atoms with Crippen molar-refractivity contribution in [2.45, 2.75) is 18.9 Å². The number of carbonyl (C=O) groups is 1. The van der Waals surface area contributed by atoms with E-state index in [1.165, 1.54) is 12.1 Å². The Bertz CT molecular complexity index is 633. The minimum Gasteiger partial charge on any atom is -0.348 e. The highest BCUT2D eigenvalue weighted by Crippen LogP contribution is 2.17. The zero-order chi connectivity index (χ0) is 15.5. The van der Waals surface area contributed by atoms with Gasteiger partial charge in [-0.1, -0.05) is 0 Å². The van der Waals surface area contributed by atoms with Gasteiger partial charge in [0.25, 0.3) is 5.91 Å². The maximum absolute atomic E-state index is 13.6. The Hall–Kier alpha value is -1.38. The van der Waals surface area contributed by atoms with Gasteiger partial charge in [0.15, 0.2) is 0 Å². The van der Waals surface area contributed by atoms with Crippen LogP contribution in [0.5, 0.6) is 0 Å². The van der Waals surface area contributed by atoms with Gasteiger partial charge in [-0.3, -0.25) is 9.52 Å². The lowest BCUT2D eigenvalue weighted by Crippen LogP contribution is -2.45. The molecule has 1 saturated heterocycles. The standard InChI is InChI=1S/C13H18FN3O3S.ClH/c1-21(19,20)17-12-7-9(4-5-11(12)14)13(18)16-10-3-2-6-15-8-10;/h4-5,7,10,15,17H,2-3,6,8H2,1H3,(H,16,18);1H. The summed E-state index contributed by atoms with van der Waals surface area (Å²) in [5.74, 6) is -1.07. The predicted octanol–water partition coefficient (Wildman–Crippen LogP) is 1.10. The molecule has 0 bridgehead atoms. The van der Waals surface area contributed by atoms with Crippen LogP contribution in [0.1, 0.15) is 23.2 Å². The van der Waals surface area contributed by atoms with E-state index in [9.17, 15) is 17.6 Å². The van der Waals surface area contributed by atoms with Gasteiger partial charge in [0, 0.05) is 18.2 Å². The number of amides is 1. The van der Waals surface area contributed by atoms with Crippen molar-refractivity contribution in [3.8, 4) is 0 Å². The second-order valence-electron chi connectivity index (χ2n) is 5.09. The van der Waals surface area contributed by atoms with Crippen molar-refractivity contribution < 1.29 is 17.6 Å². The van der Waals surface area contributed by atoms with Crippen molar-refractivity contribution in [2.24, 2.45) is 0 Å². The molecule has 1 unspecified atom stereocenters. The molecule has 0 radical (unpaired) electrons. The maximum Gasteiger partial charge on any atom is 0.251 e. The van der Waals surface area contributed by atoms with E-state index in [1.807, 2.05) is 0 Å². The van der Waals surface area contributed by atoms with Crippen LogP contribution in [0.15, 0.2) is 18.2 Å². The average molecular weight is 352 g/mol. The number of hydrogen-bond donors (Lipinski definition) is 3. The van der Waals surface area contributed by atoms with Crippen LogP contribution in [0.2, 0.25) is 0 Å². The molecule has 22 heavy (non-hydrogen) atoms. The van der Waals surface area contributed by atoms with Crippen LogP contribution >= 0.6 is 12.4 Å². The number of rotatable bonds is 4. The molecule has 1 aromatic carbocycles. The first-order valence-electron chi connectivity index (χ1n) is 6.64. The lowest BCUT2D eigenvalue weighted by molar-refractivity contribution is 0.0930. The first-order valence-corrected chi connectivity index (χ1v) is 8.53. The van der Waals surface area contributed by atoms with Gasteiger partial charge >= 0.3 is 0 Å². The van der Waals surface area contributed by atoms with Crippen molar-refractivity contribution in [1.29, 1.82) is 0 Å². The third-order valence-electron chi connectivity index (χ3n) is 3.16. The first-order chi connectivity index (χ1) is 9.85. The van der Waals surface area contributed by atoms with E-state index in [2.05, 4.69) is 15.4 Å². The average Bonchev–Trinajstić information content (AvgIpc) is 2.41. The molecular formula is C13H19ClFN3O3S. The molecule has 0 saturated carbocycles. The Morgan fingerprint density at radius 1 is 1.41 bits per heavy atom. The Balaban J connectivity index is 0.00000242. The largest absolute Gasteiger partial charge is 0.348 e. The fraction of sp³-hybridized carbons (Fsp3) is 0.462. The Morgan fingerprint density at radius 2 is 2.14 bits per heavy atom. The third kappa shape index (κ3) is 5.43. The fourth-order valence-corrected chi connectivity index (χ4v) is 2.74. The van der Waals surface area contributed by atoms with Gasteiger partial charge in [-0.05, 0) is 37.6 Å². The highest BCUT2D eigenvalue weighted by Gasteiger charge is 2.17. The maximum atomic E-state index is 13.6. The molecule has 2 rings (SSSR count). The van der Waals surface area contributed by atoms with E-state index in [0.717, 1.165) is 31.7 Å². The Morgan fingerprint density at radius 3 is 2.73 bits per heavy atom. The molecule has 0 aromatic heterocycles. The number of halogens is 2. The Kier molecular flexibility index (Phi) is 6.58. The molecule has 124 valence electrons. The minimum atomic E-state index is -3.60. The van der Waals surface area contributed by atoms with Crippen molar-refractivity contribution in [2.75, 3.05) is 24.1 Å². The van der Waals surface area contributed by atoms with E-state index in [1.54, 1.807) is 0 Å². The van der Waals surface area contributed by atoms with E-state index < -0.39 is 15.8 Å². The summed E-state index contributed by atoms with van der Waals surface area (Å²) in [5, 5.41) is 6.02. The summed E-state index contributed by atoms with van der Waals surface area (Å²) in [6.45, 7) is 1.63. The van der Waals surface area contributed by atoms with Crippen LogP contribution in [-0.4, -0.2) is 39.7 Å². The van der Waals surface area contributed by atoms with E-state index in [4.69, 9.17) is 0 Å². The molecule has 9 heteroatoms. The zero-order valence-corrected chi connectivity index (χ0v) is 13.7. The van der Waals surface area contributed by atoms with E-state index >= 15 is 0 Å². The molecule has 1 aliphatic rings. The normalized spacial score (nSPS) is 18.2. The summed E-state index contributed by atoms with van der Waals surface area (Å²) < 4.78 is 37.9. The number of piperidine rings is 1. The topological polar surface area (TPSA) is 87.3 Å². The summed E-state index contributed by atoms with van der Waals surface area (Å²) in [6, 6.07) is 3.63. The molecule has 6 nitrogen and oxygen atoms in total. The van der Waals surface area contributed by atoms with Crippen LogP contribution in [0.25, 0.3) is 0 Å². The molecule has 1 aliphatic heterocycles. The number of nitrogens with one attached hydrogen (secondary N) is 3. The molecule has 1 atom stereocenters. The van der Waals surface area contributed by atoms with Crippen LogP contribution in [0.4, 0.5) is 10.1 Å². The van der Waals surface area contributed by atoms with Gasteiger partial charge in [-0.2, -0.15) is 0 Å². The molecule has 0 spiro atoms. The molecule has 0 aliphatic carbocycles. The van der Waals surface area contributed by atoms with Crippen molar-refractivity contribution in [3.63, 3.8) is 0 Å². The van der Waals surface area contributed by atoms with Crippen LogP contribution < -0.4 is 15.4 Å². The molecule has 1 amide bonds. The number of anilines is 1. The number of carbonyl (C=O) groups excluding carboxylic acids is 1. The van der Waals surface area contributed by atoms with Crippen molar-refractivity contribution in [3.05, 3.63) is 29.6 Å². The fourth-order valence-electron chi connectivity index (χ4n) is 2.19. The summed E-state index contributed by atoms with van der Waals surface area (Å²) in [4.78, 5) is 12.1. The lowest BCUT2D eigenvalue weighted by atomic mass is 10.1. The van der Waals surface area contributed by atoms with Gasteiger partial charge in [-0.25, -0.2) is 12.8 Å². The van der Waals surface area contributed by atoms with Crippen LogP contribution in [0, 0.1) is 5.82 Å². The van der Waals surface area contributed by atoms with Gasteiger partial charge in [-0.15, -0.1) is 12.4 Å². The minimum absolute atomic E-state index is 0. The van der Waals surface area contributed by atoms with Gasteiger partial charge in [0.05, 0.1) is 11.9 Å². The van der Waals surface area contributed by atoms with Crippen molar-refractivity contribution >= 4 is 34.0 Å². The highest BCUT2D eigenvalue weighted by molar-refractivity contribution is 7.92. The summed E-state index contributed by atoms with van der Waals surface area (Å²) in [5.41, 5.74) is -0.0138. The van der Waals surface area contributed by atoms with Crippen LogP contribution in [0.3, 0.4) is 0 Å². The highest BCUT2D eigenvalue weighted by atomic mass is 35.5. The third-order valence-corrected chi connectivity index (χ3v) is 3.75. The number of benzene rings is 1. The second-order valence-corrected chi connectivity index (χ2v) is 6.83. The summed E-state index contributed by atoms with van der Waals surface area (Å²) >= 11 is 0. The lowest BCUT2D eigenvalue weighted by Gasteiger charge is -2.23. The van der Waals surface area contributed by atoms with E-state index in [0.29, 0.717) is 6.54 Å². The van der Waals surface area contributed by atoms with Gasteiger partial charge in [0.1, 0.15) is 5.82 Å².